The molecule has 4 nitrogen and oxygen atoms in total. The van der Waals surface area contributed by atoms with Crippen LogP contribution in [0.5, 0.6) is 0 Å². The number of hydrogen-bond acceptors (Lipinski definition) is 4. The minimum atomic E-state index is -0.543. The van der Waals surface area contributed by atoms with Crippen LogP contribution in [0.2, 0.25) is 0 Å². The van der Waals surface area contributed by atoms with Gasteiger partial charge in [-0.15, -0.1) is 0 Å². The third-order valence-corrected chi connectivity index (χ3v) is 3.36. The lowest BCUT2D eigenvalue weighted by molar-refractivity contribution is -0.158. The van der Waals surface area contributed by atoms with E-state index in [-0.39, 0.29) is 18.2 Å². The second-order valence-electron chi connectivity index (χ2n) is 4.11. The summed E-state index contributed by atoms with van der Waals surface area (Å²) in [7, 11) is 0. The Balaban J connectivity index is 2.14. The van der Waals surface area contributed by atoms with Crippen molar-refractivity contribution in [3.8, 4) is 0 Å². The van der Waals surface area contributed by atoms with Gasteiger partial charge in [-0.25, -0.2) is 0 Å². The van der Waals surface area contributed by atoms with E-state index in [1.54, 1.807) is 0 Å². The van der Waals surface area contributed by atoms with Crippen molar-refractivity contribution in [2.24, 2.45) is 11.1 Å². The predicted molar refractivity (Wildman–Crippen MR) is 50.6 cm³/mol. The molecule has 0 radical (unpaired) electrons. The third-order valence-electron chi connectivity index (χ3n) is 3.36. The van der Waals surface area contributed by atoms with Gasteiger partial charge in [-0.1, -0.05) is 0 Å². The molecule has 2 fully saturated rings. The summed E-state index contributed by atoms with van der Waals surface area (Å²) in [6.07, 6.45) is 2.98. The molecular formula is C10H17NO3. The van der Waals surface area contributed by atoms with Crippen LogP contribution in [0.3, 0.4) is 0 Å². The van der Waals surface area contributed by atoms with Gasteiger partial charge in [0.2, 0.25) is 0 Å². The Labute approximate surface area is 83.7 Å². The molecule has 0 spiro atoms. The summed E-state index contributed by atoms with van der Waals surface area (Å²) < 4.78 is 10.7. The zero-order valence-electron chi connectivity index (χ0n) is 8.49. The van der Waals surface area contributed by atoms with Gasteiger partial charge in [0.05, 0.1) is 18.8 Å². The van der Waals surface area contributed by atoms with Gasteiger partial charge >= 0.3 is 5.97 Å². The predicted octanol–water partition coefficient (Wildman–Crippen LogP) is 0.446. The molecule has 4 heteroatoms. The number of nitrogens with two attached hydrogens (primary N) is 1. The number of ether oxygens (including phenoxy) is 2. The zero-order chi connectivity index (χ0) is 10.2. The normalized spacial score (nSPS) is 40.1. The molecule has 2 aliphatic rings. The van der Waals surface area contributed by atoms with E-state index < -0.39 is 5.41 Å². The minimum absolute atomic E-state index is 0.00319. The van der Waals surface area contributed by atoms with E-state index in [0.717, 1.165) is 19.3 Å². The maximum atomic E-state index is 11.8. The van der Waals surface area contributed by atoms with Crippen molar-refractivity contribution in [1.82, 2.24) is 0 Å². The molecule has 0 aromatic carbocycles. The van der Waals surface area contributed by atoms with Crippen molar-refractivity contribution in [2.45, 2.75) is 38.4 Å². The lowest BCUT2D eigenvalue weighted by atomic mass is 9.74. The van der Waals surface area contributed by atoms with E-state index in [9.17, 15) is 4.79 Å². The van der Waals surface area contributed by atoms with Crippen LogP contribution in [0.15, 0.2) is 0 Å². The molecule has 2 bridgehead atoms. The number of carbonyl (C=O) groups excluding carboxylic acids is 1. The second kappa shape index (κ2) is 3.51. The number of hydrogen-bond donors (Lipinski definition) is 1. The molecule has 0 aromatic rings. The van der Waals surface area contributed by atoms with Crippen molar-refractivity contribution in [3.63, 3.8) is 0 Å². The Hall–Kier alpha value is -0.610. The van der Waals surface area contributed by atoms with E-state index in [1.807, 2.05) is 6.92 Å². The molecular weight excluding hydrogens is 182 g/mol. The van der Waals surface area contributed by atoms with Gasteiger partial charge in [0.1, 0.15) is 5.41 Å². The summed E-state index contributed by atoms with van der Waals surface area (Å²) in [6.45, 7) is 2.57. The maximum Gasteiger partial charge on any atom is 0.316 e. The van der Waals surface area contributed by atoms with E-state index in [2.05, 4.69) is 0 Å². The average Bonchev–Trinajstić information content (AvgIpc) is 2.77. The molecule has 2 N–H and O–H groups in total. The highest BCUT2D eigenvalue weighted by molar-refractivity contribution is 5.78. The lowest BCUT2D eigenvalue weighted by Crippen LogP contribution is -2.47. The molecule has 80 valence electrons. The fourth-order valence-electron chi connectivity index (χ4n) is 2.59. The number of esters is 1. The van der Waals surface area contributed by atoms with E-state index in [1.165, 1.54) is 0 Å². The standard InChI is InChI=1S/C10H17NO3/c1-2-13-9(12)10(6-11)5-7-3-4-8(10)14-7/h7-8H,2-6,11H2,1H3/t7-,8+,10-/m1/s1. The molecule has 2 rings (SSSR count). The molecule has 0 unspecified atom stereocenters. The van der Waals surface area contributed by atoms with Gasteiger partial charge in [-0.2, -0.15) is 0 Å². The first-order chi connectivity index (χ1) is 6.73. The van der Waals surface area contributed by atoms with Gasteiger partial charge in [-0.3, -0.25) is 4.79 Å². The van der Waals surface area contributed by atoms with Crippen LogP contribution in [-0.4, -0.2) is 31.3 Å². The SMILES string of the molecule is CCOC(=O)[C@@]1(CN)C[C@H]2CC[C@@H]1O2. The topological polar surface area (TPSA) is 61.5 Å². The highest BCUT2D eigenvalue weighted by Crippen LogP contribution is 2.47. The largest absolute Gasteiger partial charge is 0.465 e. The van der Waals surface area contributed by atoms with Crippen LogP contribution < -0.4 is 5.73 Å². The van der Waals surface area contributed by atoms with Crippen LogP contribution in [0.4, 0.5) is 0 Å². The Kier molecular flexibility index (Phi) is 2.49. The average molecular weight is 199 g/mol. The quantitative estimate of drug-likeness (QED) is 0.670. The maximum absolute atomic E-state index is 11.8. The summed E-state index contributed by atoms with van der Waals surface area (Å²) in [5.74, 6) is -0.172. The van der Waals surface area contributed by atoms with E-state index in [0.29, 0.717) is 13.2 Å². The second-order valence-corrected chi connectivity index (χ2v) is 4.11. The van der Waals surface area contributed by atoms with Crippen molar-refractivity contribution in [1.29, 1.82) is 0 Å². The van der Waals surface area contributed by atoms with Crippen molar-refractivity contribution >= 4 is 5.97 Å². The van der Waals surface area contributed by atoms with Gasteiger partial charge in [0.15, 0.2) is 0 Å². The number of fused-ring (bicyclic) bond motifs is 2. The summed E-state index contributed by atoms with van der Waals surface area (Å²) in [5, 5.41) is 0. The molecule has 0 aliphatic carbocycles. The fourth-order valence-corrected chi connectivity index (χ4v) is 2.59. The Morgan fingerprint density at radius 2 is 2.43 bits per heavy atom. The number of carbonyl (C=O) groups is 1. The molecule has 0 saturated carbocycles. The van der Waals surface area contributed by atoms with Crippen molar-refractivity contribution in [3.05, 3.63) is 0 Å². The zero-order valence-corrected chi connectivity index (χ0v) is 8.49. The molecule has 0 amide bonds. The van der Waals surface area contributed by atoms with Gasteiger partial charge in [0, 0.05) is 6.54 Å². The molecule has 3 atom stereocenters. The third kappa shape index (κ3) is 1.25. The van der Waals surface area contributed by atoms with Crippen molar-refractivity contribution in [2.75, 3.05) is 13.2 Å². The summed E-state index contributed by atoms with van der Waals surface area (Å²) in [5.41, 5.74) is 5.16. The first-order valence-electron chi connectivity index (χ1n) is 5.25. The Morgan fingerprint density at radius 3 is 2.86 bits per heavy atom. The fraction of sp³-hybridized carbons (Fsp3) is 0.900. The number of rotatable bonds is 3. The smallest absolute Gasteiger partial charge is 0.316 e. The molecule has 14 heavy (non-hydrogen) atoms. The first-order valence-corrected chi connectivity index (χ1v) is 5.25. The van der Waals surface area contributed by atoms with Crippen LogP contribution in [-0.2, 0) is 14.3 Å². The van der Waals surface area contributed by atoms with Gasteiger partial charge < -0.3 is 15.2 Å². The van der Waals surface area contributed by atoms with Crippen LogP contribution in [0.1, 0.15) is 26.2 Å². The van der Waals surface area contributed by atoms with Gasteiger partial charge in [0.25, 0.3) is 0 Å². The lowest BCUT2D eigenvalue weighted by Gasteiger charge is -2.31. The highest BCUT2D eigenvalue weighted by Gasteiger charge is 2.57. The first kappa shape index (κ1) is 9.93. The monoisotopic (exact) mass is 199 g/mol. The van der Waals surface area contributed by atoms with Crippen LogP contribution >= 0.6 is 0 Å². The Morgan fingerprint density at radius 1 is 1.64 bits per heavy atom. The summed E-state index contributed by atoms with van der Waals surface area (Å²) in [6, 6.07) is 0. The molecule has 2 saturated heterocycles. The molecule has 2 aliphatic heterocycles. The molecule has 0 aromatic heterocycles. The Bertz CT molecular complexity index is 244. The summed E-state index contributed by atoms with van der Waals surface area (Å²) in [4.78, 5) is 11.8. The minimum Gasteiger partial charge on any atom is -0.465 e. The van der Waals surface area contributed by atoms with E-state index in [4.69, 9.17) is 15.2 Å². The van der Waals surface area contributed by atoms with Crippen molar-refractivity contribution < 1.29 is 14.3 Å². The molecule has 2 heterocycles. The van der Waals surface area contributed by atoms with E-state index >= 15 is 0 Å². The summed E-state index contributed by atoms with van der Waals surface area (Å²) >= 11 is 0. The van der Waals surface area contributed by atoms with Crippen LogP contribution in [0, 0.1) is 5.41 Å². The van der Waals surface area contributed by atoms with Gasteiger partial charge in [-0.05, 0) is 26.2 Å². The highest BCUT2D eigenvalue weighted by atomic mass is 16.5. The van der Waals surface area contributed by atoms with Crippen LogP contribution in [0.25, 0.3) is 0 Å².